The highest BCUT2D eigenvalue weighted by atomic mass is 16.6. The summed E-state index contributed by atoms with van der Waals surface area (Å²) in [6.45, 7) is 1.91. The number of rotatable bonds is 5. The fourth-order valence-corrected chi connectivity index (χ4v) is 1.75. The fourth-order valence-electron chi connectivity index (χ4n) is 1.75. The molecular formula is C10H12B3N3O4. The summed E-state index contributed by atoms with van der Waals surface area (Å²) >= 11 is 0. The van der Waals surface area contributed by atoms with E-state index in [0.29, 0.717) is 6.41 Å². The maximum atomic E-state index is 10.6. The van der Waals surface area contributed by atoms with Crippen molar-refractivity contribution in [1.29, 1.82) is 0 Å². The van der Waals surface area contributed by atoms with Crippen LogP contribution in [-0.2, 0) is 14.8 Å². The van der Waals surface area contributed by atoms with E-state index < -0.39 is 16.9 Å². The quantitative estimate of drug-likeness (QED) is 0.480. The molecule has 6 radical (unpaired) electrons. The van der Waals surface area contributed by atoms with Gasteiger partial charge in [-0.2, -0.15) is 0 Å². The van der Waals surface area contributed by atoms with Crippen LogP contribution in [0.2, 0.25) is 0 Å². The minimum atomic E-state index is -1.74. The summed E-state index contributed by atoms with van der Waals surface area (Å²) in [6, 6.07) is 0. The van der Waals surface area contributed by atoms with E-state index in [1.165, 1.54) is 6.20 Å². The summed E-state index contributed by atoms with van der Waals surface area (Å²) < 4.78 is 11.7. The van der Waals surface area contributed by atoms with Gasteiger partial charge in [-0.1, -0.05) is 0 Å². The number of nitrogens with one attached hydrogen (secondary N) is 1. The van der Waals surface area contributed by atoms with Gasteiger partial charge in [0.1, 0.15) is 11.3 Å². The van der Waals surface area contributed by atoms with E-state index in [0.717, 1.165) is 4.68 Å². The predicted octanol–water partition coefficient (Wildman–Crippen LogP) is -1.95. The van der Waals surface area contributed by atoms with Gasteiger partial charge in [-0.3, -0.25) is 9.48 Å². The number of carbonyl (C=O) groups is 1. The molecule has 1 aliphatic heterocycles. The number of carbonyl (C=O) groups excluding carboxylic acids is 1. The fraction of sp³-hybridized carbons (Fsp3) is 0.600. The van der Waals surface area contributed by atoms with Crippen LogP contribution in [0.15, 0.2) is 6.20 Å². The van der Waals surface area contributed by atoms with Gasteiger partial charge < -0.3 is 19.9 Å². The van der Waals surface area contributed by atoms with Crippen molar-refractivity contribution in [3.8, 4) is 5.88 Å². The second kappa shape index (κ2) is 5.18. The lowest BCUT2D eigenvalue weighted by atomic mass is 9.49. The Morgan fingerprint density at radius 2 is 2.40 bits per heavy atom. The molecule has 2 N–H and O–H groups in total. The van der Waals surface area contributed by atoms with Crippen LogP contribution in [0.3, 0.4) is 0 Å². The molecule has 2 heterocycles. The molecule has 2 rings (SSSR count). The monoisotopic (exact) mass is 271 g/mol. The molecule has 0 spiro atoms. The van der Waals surface area contributed by atoms with Crippen LogP contribution in [0, 0.1) is 0 Å². The van der Waals surface area contributed by atoms with Gasteiger partial charge in [-0.05, 0) is 12.2 Å². The smallest absolute Gasteiger partial charge is 0.257 e. The Morgan fingerprint density at radius 1 is 1.70 bits per heavy atom. The van der Waals surface area contributed by atoms with Crippen molar-refractivity contribution in [2.24, 2.45) is 0 Å². The molecule has 0 aliphatic carbocycles. The van der Waals surface area contributed by atoms with Gasteiger partial charge in [-0.15, -0.1) is 5.10 Å². The lowest BCUT2D eigenvalue weighted by molar-refractivity contribution is -0.105. The number of anilines is 1. The van der Waals surface area contributed by atoms with Gasteiger partial charge in [0.2, 0.25) is 6.41 Å². The summed E-state index contributed by atoms with van der Waals surface area (Å²) in [5.74, 6) is 0.0404. The number of amides is 1. The molecule has 1 saturated heterocycles. The molecule has 1 aromatic rings. The number of hydrogen-bond donors (Lipinski definition) is 2. The van der Waals surface area contributed by atoms with E-state index in [1.54, 1.807) is 6.92 Å². The van der Waals surface area contributed by atoms with Crippen molar-refractivity contribution < 1.29 is 19.4 Å². The van der Waals surface area contributed by atoms with Gasteiger partial charge >= 0.3 is 0 Å². The minimum Gasteiger partial charge on any atom is -0.466 e. The van der Waals surface area contributed by atoms with Crippen molar-refractivity contribution in [1.82, 2.24) is 9.78 Å². The number of aliphatic hydroxyl groups is 1. The first kappa shape index (κ1) is 15.0. The topological polar surface area (TPSA) is 85.6 Å². The molecule has 1 aromatic heterocycles. The molecule has 7 nitrogen and oxygen atoms in total. The maximum Gasteiger partial charge on any atom is 0.257 e. The van der Waals surface area contributed by atoms with Gasteiger partial charge in [-0.25, -0.2) is 0 Å². The molecular weight excluding hydrogens is 259 g/mol. The van der Waals surface area contributed by atoms with Crippen LogP contribution in [0.1, 0.15) is 6.92 Å². The van der Waals surface area contributed by atoms with E-state index in [1.807, 2.05) is 0 Å². The Labute approximate surface area is 120 Å². The zero-order valence-electron chi connectivity index (χ0n) is 10.9. The van der Waals surface area contributed by atoms with Gasteiger partial charge in [0.25, 0.3) is 5.88 Å². The molecule has 20 heavy (non-hydrogen) atoms. The number of hydrogen-bond acceptors (Lipinski definition) is 5. The summed E-state index contributed by atoms with van der Waals surface area (Å²) in [5.41, 5.74) is -0.929. The molecule has 1 aliphatic rings. The van der Waals surface area contributed by atoms with E-state index in [-0.39, 0.29) is 24.8 Å². The standard InChI is InChI=1S/C10H12B3N3O4/c1-9(18)4-19-3-7(9)20-8-6(14-5-17)2-16(15-8)10(11,12)13/h2,5,7,18H,3-4H2,1H3,(H,14,17). The second-order valence-corrected chi connectivity index (χ2v) is 4.92. The second-order valence-electron chi connectivity index (χ2n) is 4.92. The molecule has 2 atom stereocenters. The summed E-state index contributed by atoms with van der Waals surface area (Å²) in [6.07, 6.45) is 1.14. The first-order chi connectivity index (χ1) is 9.24. The maximum absolute atomic E-state index is 10.6. The lowest BCUT2D eigenvalue weighted by Crippen LogP contribution is -2.42. The first-order valence-electron chi connectivity index (χ1n) is 5.88. The molecule has 1 amide bonds. The SMILES string of the molecule is [B]C([B])([B])n1cc(NC=O)c(OC2COCC2(C)O)n1. The van der Waals surface area contributed by atoms with E-state index >= 15 is 0 Å². The highest BCUT2D eigenvalue weighted by Crippen LogP contribution is 2.29. The third-order valence-corrected chi connectivity index (χ3v) is 2.90. The molecule has 0 saturated carbocycles. The van der Waals surface area contributed by atoms with Gasteiger partial charge in [0.15, 0.2) is 6.10 Å². The van der Waals surface area contributed by atoms with Crippen molar-refractivity contribution in [3.05, 3.63) is 6.20 Å². The Balaban J connectivity index is 2.26. The first-order valence-corrected chi connectivity index (χ1v) is 5.88. The van der Waals surface area contributed by atoms with E-state index in [9.17, 15) is 9.90 Å². The third kappa shape index (κ3) is 3.01. The minimum absolute atomic E-state index is 0.0404. The van der Waals surface area contributed by atoms with Crippen molar-refractivity contribution in [2.45, 2.75) is 23.9 Å². The average molecular weight is 271 g/mol. The zero-order chi connectivity index (χ0) is 15.0. The third-order valence-electron chi connectivity index (χ3n) is 2.90. The summed E-state index contributed by atoms with van der Waals surface area (Å²) in [5, 5.41) is 14.7. The van der Waals surface area contributed by atoms with Crippen LogP contribution in [-0.4, -0.2) is 69.8 Å². The Bertz CT molecular complexity index is 500. The van der Waals surface area contributed by atoms with Crippen LogP contribution in [0.5, 0.6) is 5.88 Å². The molecule has 0 aromatic carbocycles. The van der Waals surface area contributed by atoms with Crippen molar-refractivity contribution in [2.75, 3.05) is 18.5 Å². The normalized spacial score (nSPS) is 26.4. The van der Waals surface area contributed by atoms with Gasteiger partial charge in [0.05, 0.1) is 42.9 Å². The number of aromatic nitrogens is 2. The van der Waals surface area contributed by atoms with E-state index in [4.69, 9.17) is 33.0 Å². The largest absolute Gasteiger partial charge is 0.466 e. The van der Waals surface area contributed by atoms with Gasteiger partial charge in [0, 0.05) is 0 Å². The molecule has 1 fully saturated rings. The average Bonchev–Trinajstić information content (AvgIpc) is 2.85. The highest BCUT2D eigenvalue weighted by Gasteiger charge is 2.41. The number of nitrogens with zero attached hydrogens (tertiary/aromatic N) is 2. The molecule has 0 bridgehead atoms. The molecule has 100 valence electrons. The Hall–Kier alpha value is -1.41. The van der Waals surface area contributed by atoms with Crippen molar-refractivity contribution in [3.63, 3.8) is 0 Å². The molecule has 2 unspecified atom stereocenters. The Morgan fingerprint density at radius 3 is 2.90 bits per heavy atom. The lowest BCUT2D eigenvalue weighted by Gasteiger charge is -2.23. The summed E-state index contributed by atoms with van der Waals surface area (Å²) in [4.78, 5) is 10.6. The van der Waals surface area contributed by atoms with Crippen molar-refractivity contribution >= 4 is 35.6 Å². The molecule has 10 heteroatoms. The van der Waals surface area contributed by atoms with Crippen LogP contribution in [0.4, 0.5) is 5.69 Å². The highest BCUT2D eigenvalue weighted by molar-refractivity contribution is 6.56. The number of ether oxygens (including phenoxy) is 2. The Kier molecular flexibility index (Phi) is 3.88. The predicted molar refractivity (Wildman–Crippen MR) is 73.0 cm³/mol. The zero-order valence-corrected chi connectivity index (χ0v) is 10.9. The van der Waals surface area contributed by atoms with Crippen LogP contribution < -0.4 is 10.1 Å². The van der Waals surface area contributed by atoms with E-state index in [2.05, 4.69) is 10.4 Å². The van der Waals surface area contributed by atoms with Crippen LogP contribution >= 0.6 is 0 Å². The summed E-state index contributed by atoms with van der Waals surface area (Å²) in [7, 11) is 16.5. The van der Waals surface area contributed by atoms with Crippen LogP contribution in [0.25, 0.3) is 0 Å².